The lowest BCUT2D eigenvalue weighted by Gasteiger charge is -2.29. The summed E-state index contributed by atoms with van der Waals surface area (Å²) >= 11 is 0. The Hall–Kier alpha value is -3.27. The van der Waals surface area contributed by atoms with Crippen molar-refractivity contribution in [1.82, 2.24) is 5.32 Å². The predicted octanol–water partition coefficient (Wildman–Crippen LogP) is 4.26. The Morgan fingerprint density at radius 1 is 1.00 bits per heavy atom. The van der Waals surface area contributed by atoms with Crippen molar-refractivity contribution in [1.29, 1.82) is 0 Å². The van der Waals surface area contributed by atoms with Crippen LogP contribution >= 0.6 is 0 Å². The minimum Gasteiger partial charge on any atom is -0.489 e. The second kappa shape index (κ2) is 6.32. The molecule has 1 heterocycles. The Kier molecular flexibility index (Phi) is 3.86. The molecule has 0 bridgehead atoms. The molecule has 0 saturated heterocycles. The molecular weight excluding hydrogens is 312 g/mol. The van der Waals surface area contributed by atoms with Gasteiger partial charge in [-0.15, -0.1) is 0 Å². The van der Waals surface area contributed by atoms with Gasteiger partial charge in [-0.3, -0.25) is 4.79 Å². The fourth-order valence-electron chi connectivity index (χ4n) is 3.10. The summed E-state index contributed by atoms with van der Waals surface area (Å²) in [5, 5.41) is 8.59. The van der Waals surface area contributed by atoms with E-state index < -0.39 is 0 Å². The standard InChI is InChI=1S/C21H18N2O2/c1-2-11-25-19-13-15-8-4-3-7-14(15)12-17(19)20-22-18-10-6-5-9-16(18)21(24)23-20/h2-10,12-13,20,22H,1,11H2,(H,23,24). The molecule has 2 N–H and O–H groups in total. The van der Waals surface area contributed by atoms with Crippen LogP contribution in [0.4, 0.5) is 5.69 Å². The van der Waals surface area contributed by atoms with Crippen molar-refractivity contribution < 1.29 is 9.53 Å². The summed E-state index contributed by atoms with van der Waals surface area (Å²) in [7, 11) is 0. The molecule has 25 heavy (non-hydrogen) atoms. The molecule has 1 unspecified atom stereocenters. The van der Waals surface area contributed by atoms with Gasteiger partial charge in [-0.2, -0.15) is 0 Å². The minimum absolute atomic E-state index is 0.0952. The number of carbonyl (C=O) groups is 1. The lowest BCUT2D eigenvalue weighted by Crippen LogP contribution is -2.38. The van der Waals surface area contributed by atoms with E-state index in [0.29, 0.717) is 12.2 Å². The number of ether oxygens (including phenoxy) is 1. The lowest BCUT2D eigenvalue weighted by molar-refractivity contribution is 0.0935. The van der Waals surface area contributed by atoms with Crippen LogP contribution in [0.5, 0.6) is 5.75 Å². The Morgan fingerprint density at radius 3 is 2.52 bits per heavy atom. The first-order valence-corrected chi connectivity index (χ1v) is 8.19. The molecule has 3 aromatic carbocycles. The third kappa shape index (κ3) is 2.83. The molecule has 0 aromatic heterocycles. The molecule has 0 fully saturated rings. The van der Waals surface area contributed by atoms with E-state index in [2.05, 4.69) is 29.3 Å². The number of fused-ring (bicyclic) bond motifs is 2. The van der Waals surface area contributed by atoms with Gasteiger partial charge in [0.1, 0.15) is 18.5 Å². The van der Waals surface area contributed by atoms with Crippen molar-refractivity contribution in [3.8, 4) is 5.75 Å². The fraction of sp³-hybridized carbons (Fsp3) is 0.0952. The van der Waals surface area contributed by atoms with Gasteiger partial charge < -0.3 is 15.4 Å². The highest BCUT2D eigenvalue weighted by molar-refractivity contribution is 6.01. The highest BCUT2D eigenvalue weighted by Crippen LogP contribution is 2.34. The zero-order valence-corrected chi connectivity index (χ0v) is 13.7. The zero-order valence-electron chi connectivity index (χ0n) is 13.7. The number of para-hydroxylation sites is 1. The van der Waals surface area contributed by atoms with E-state index in [1.165, 1.54) is 0 Å². The molecule has 124 valence electrons. The topological polar surface area (TPSA) is 50.4 Å². The second-order valence-electron chi connectivity index (χ2n) is 5.93. The van der Waals surface area contributed by atoms with Crippen molar-refractivity contribution in [3.05, 3.63) is 84.4 Å². The number of carbonyl (C=O) groups excluding carboxylic acids is 1. The van der Waals surface area contributed by atoms with Crippen LogP contribution in [0.25, 0.3) is 10.8 Å². The summed E-state index contributed by atoms with van der Waals surface area (Å²) in [6.07, 6.45) is 1.35. The smallest absolute Gasteiger partial charge is 0.255 e. The van der Waals surface area contributed by atoms with Crippen LogP contribution in [-0.4, -0.2) is 12.5 Å². The number of hydrogen-bond acceptors (Lipinski definition) is 3. The zero-order chi connectivity index (χ0) is 17.2. The van der Waals surface area contributed by atoms with Gasteiger partial charge in [-0.1, -0.05) is 49.1 Å². The van der Waals surface area contributed by atoms with Crippen LogP contribution in [0.1, 0.15) is 22.1 Å². The van der Waals surface area contributed by atoms with E-state index in [4.69, 9.17) is 4.74 Å². The van der Waals surface area contributed by atoms with Crippen LogP contribution in [0.3, 0.4) is 0 Å². The molecule has 0 radical (unpaired) electrons. The van der Waals surface area contributed by atoms with Crippen LogP contribution in [0, 0.1) is 0 Å². The number of nitrogens with one attached hydrogen (secondary N) is 2. The average molecular weight is 330 g/mol. The molecule has 0 aliphatic carbocycles. The van der Waals surface area contributed by atoms with Crippen LogP contribution < -0.4 is 15.4 Å². The molecule has 4 nitrogen and oxygen atoms in total. The van der Waals surface area contributed by atoms with Crippen LogP contribution in [0.15, 0.2) is 73.3 Å². The van der Waals surface area contributed by atoms with E-state index >= 15 is 0 Å². The Morgan fingerprint density at radius 2 is 1.72 bits per heavy atom. The first-order chi connectivity index (χ1) is 12.3. The lowest BCUT2D eigenvalue weighted by atomic mass is 10.0. The molecule has 1 aliphatic heterocycles. The summed E-state index contributed by atoms with van der Waals surface area (Å²) in [6.45, 7) is 4.12. The van der Waals surface area contributed by atoms with E-state index in [1.54, 1.807) is 6.08 Å². The maximum Gasteiger partial charge on any atom is 0.255 e. The summed E-state index contributed by atoms with van der Waals surface area (Å²) < 4.78 is 5.86. The molecule has 1 atom stereocenters. The summed E-state index contributed by atoms with van der Waals surface area (Å²) in [4.78, 5) is 12.5. The van der Waals surface area contributed by atoms with Gasteiger partial charge >= 0.3 is 0 Å². The van der Waals surface area contributed by atoms with Crippen molar-refractivity contribution in [2.45, 2.75) is 6.17 Å². The SMILES string of the molecule is C=CCOc1cc2ccccc2cc1C1NC(=O)c2ccccc2N1. The number of anilines is 1. The van der Waals surface area contributed by atoms with E-state index in [9.17, 15) is 4.79 Å². The third-order valence-corrected chi connectivity index (χ3v) is 4.29. The average Bonchev–Trinajstić information content (AvgIpc) is 2.65. The van der Waals surface area contributed by atoms with Gasteiger partial charge in [-0.25, -0.2) is 0 Å². The molecule has 3 aromatic rings. The largest absolute Gasteiger partial charge is 0.489 e. The third-order valence-electron chi connectivity index (χ3n) is 4.29. The highest BCUT2D eigenvalue weighted by Gasteiger charge is 2.26. The Balaban J connectivity index is 1.79. The van der Waals surface area contributed by atoms with Gasteiger partial charge in [0.25, 0.3) is 5.91 Å². The van der Waals surface area contributed by atoms with Gasteiger partial charge in [0.05, 0.1) is 5.56 Å². The molecule has 4 heteroatoms. The van der Waals surface area contributed by atoms with E-state index in [1.807, 2.05) is 48.5 Å². The molecule has 1 amide bonds. The Labute approximate surface area is 146 Å². The monoisotopic (exact) mass is 330 g/mol. The molecule has 0 spiro atoms. The van der Waals surface area contributed by atoms with Crippen molar-refractivity contribution in [3.63, 3.8) is 0 Å². The number of amides is 1. The minimum atomic E-state index is -0.355. The van der Waals surface area contributed by atoms with Gasteiger partial charge in [0.15, 0.2) is 0 Å². The second-order valence-corrected chi connectivity index (χ2v) is 5.93. The normalized spacial score (nSPS) is 15.8. The number of benzene rings is 3. The molecule has 1 aliphatic rings. The van der Waals surface area contributed by atoms with Crippen molar-refractivity contribution in [2.24, 2.45) is 0 Å². The van der Waals surface area contributed by atoms with Crippen molar-refractivity contribution >= 4 is 22.4 Å². The van der Waals surface area contributed by atoms with Crippen LogP contribution in [0.2, 0.25) is 0 Å². The first kappa shape index (κ1) is 15.3. The maximum absolute atomic E-state index is 12.5. The number of rotatable bonds is 4. The summed E-state index contributed by atoms with van der Waals surface area (Å²) in [6, 6.07) is 19.6. The predicted molar refractivity (Wildman–Crippen MR) is 99.9 cm³/mol. The number of hydrogen-bond donors (Lipinski definition) is 2. The molecule has 4 rings (SSSR count). The van der Waals surface area contributed by atoms with Crippen LogP contribution in [-0.2, 0) is 0 Å². The molecular formula is C21H18N2O2. The van der Waals surface area contributed by atoms with Gasteiger partial charge in [-0.05, 0) is 35.0 Å². The summed E-state index contributed by atoms with van der Waals surface area (Å²) in [5.74, 6) is 0.637. The first-order valence-electron chi connectivity index (χ1n) is 8.19. The summed E-state index contributed by atoms with van der Waals surface area (Å²) in [5.41, 5.74) is 2.36. The maximum atomic E-state index is 12.5. The van der Waals surface area contributed by atoms with Gasteiger partial charge in [0, 0.05) is 11.3 Å². The molecule has 0 saturated carbocycles. The van der Waals surface area contributed by atoms with Gasteiger partial charge in [0.2, 0.25) is 0 Å². The fourth-order valence-corrected chi connectivity index (χ4v) is 3.10. The van der Waals surface area contributed by atoms with E-state index in [0.717, 1.165) is 27.8 Å². The van der Waals surface area contributed by atoms with Crippen molar-refractivity contribution in [2.75, 3.05) is 11.9 Å². The quantitative estimate of drug-likeness (QED) is 0.703. The Bertz CT molecular complexity index is 965. The van der Waals surface area contributed by atoms with E-state index in [-0.39, 0.29) is 12.1 Å². The highest BCUT2D eigenvalue weighted by atomic mass is 16.5.